The first kappa shape index (κ1) is 14.7. The van der Waals surface area contributed by atoms with Crippen molar-refractivity contribution >= 4 is 21.8 Å². The second-order valence-electron chi connectivity index (χ2n) is 4.34. The van der Waals surface area contributed by atoms with Crippen LogP contribution in [0.25, 0.3) is 0 Å². The molecule has 1 atom stereocenters. The van der Waals surface area contributed by atoms with Crippen molar-refractivity contribution < 1.29 is 9.18 Å². The molecule has 0 aromatic heterocycles. The van der Waals surface area contributed by atoms with Gasteiger partial charge in [0, 0.05) is 16.6 Å². The fraction of sp³-hybridized carbons (Fsp3) is 0.133. The van der Waals surface area contributed by atoms with Gasteiger partial charge in [0.2, 0.25) is 5.91 Å². The molecule has 0 saturated heterocycles. The molecule has 0 spiro atoms. The fourth-order valence-corrected chi connectivity index (χ4v) is 2.19. The Labute approximate surface area is 125 Å². The predicted octanol–water partition coefficient (Wildman–Crippen LogP) is 2.90. The summed E-state index contributed by atoms with van der Waals surface area (Å²) in [5.74, 6) is -0.697. The quantitative estimate of drug-likeness (QED) is 0.901. The summed E-state index contributed by atoms with van der Waals surface area (Å²) in [4.78, 5) is 11.9. The summed E-state index contributed by atoms with van der Waals surface area (Å²) in [5.41, 5.74) is 6.99. The first-order valence-corrected chi connectivity index (χ1v) is 6.89. The second-order valence-corrected chi connectivity index (χ2v) is 5.26. The lowest BCUT2D eigenvalue weighted by molar-refractivity contribution is -0.122. The number of carbonyl (C=O) groups excluding carboxylic acids is 1. The summed E-state index contributed by atoms with van der Waals surface area (Å²) < 4.78 is 14.3. The molecule has 3 N–H and O–H groups in total. The van der Waals surface area contributed by atoms with Crippen LogP contribution in [0.5, 0.6) is 0 Å². The van der Waals surface area contributed by atoms with Crippen LogP contribution in [-0.2, 0) is 11.3 Å². The topological polar surface area (TPSA) is 55.1 Å². The number of benzene rings is 2. The van der Waals surface area contributed by atoms with Crippen LogP contribution >= 0.6 is 15.9 Å². The number of nitrogens with one attached hydrogen (secondary N) is 1. The van der Waals surface area contributed by atoms with E-state index < -0.39 is 6.04 Å². The molecule has 0 saturated carbocycles. The van der Waals surface area contributed by atoms with E-state index in [0.29, 0.717) is 5.56 Å². The van der Waals surface area contributed by atoms with Gasteiger partial charge in [0.25, 0.3) is 0 Å². The van der Waals surface area contributed by atoms with Crippen LogP contribution in [0, 0.1) is 5.82 Å². The van der Waals surface area contributed by atoms with Gasteiger partial charge in [0.15, 0.2) is 0 Å². The highest BCUT2D eigenvalue weighted by molar-refractivity contribution is 9.10. The lowest BCUT2D eigenvalue weighted by atomic mass is 10.1. The van der Waals surface area contributed by atoms with Crippen LogP contribution in [-0.4, -0.2) is 5.91 Å². The zero-order valence-electron chi connectivity index (χ0n) is 10.6. The Bertz CT molecular complexity index is 604. The monoisotopic (exact) mass is 336 g/mol. The SMILES string of the molecule is NC(C(=O)NCc1cc(Br)ccc1F)c1ccccc1. The predicted molar refractivity (Wildman–Crippen MR) is 79.3 cm³/mol. The van der Waals surface area contributed by atoms with E-state index in [1.54, 1.807) is 24.3 Å². The molecule has 2 aromatic carbocycles. The van der Waals surface area contributed by atoms with E-state index in [1.165, 1.54) is 6.07 Å². The lowest BCUT2D eigenvalue weighted by Crippen LogP contribution is -2.33. The van der Waals surface area contributed by atoms with Crippen molar-refractivity contribution in [3.8, 4) is 0 Å². The maximum Gasteiger partial charge on any atom is 0.241 e. The maximum atomic E-state index is 13.5. The van der Waals surface area contributed by atoms with Crippen LogP contribution < -0.4 is 11.1 Å². The normalized spacial score (nSPS) is 11.9. The van der Waals surface area contributed by atoms with Crippen LogP contribution in [0.3, 0.4) is 0 Å². The first-order valence-electron chi connectivity index (χ1n) is 6.10. The summed E-state index contributed by atoms with van der Waals surface area (Å²) in [6.07, 6.45) is 0. The van der Waals surface area contributed by atoms with Gasteiger partial charge < -0.3 is 11.1 Å². The van der Waals surface area contributed by atoms with Gasteiger partial charge in [-0.25, -0.2) is 4.39 Å². The number of rotatable bonds is 4. The Morgan fingerprint density at radius 3 is 2.65 bits per heavy atom. The molecule has 2 aromatic rings. The zero-order chi connectivity index (χ0) is 14.5. The van der Waals surface area contributed by atoms with E-state index >= 15 is 0 Å². The van der Waals surface area contributed by atoms with Crippen molar-refractivity contribution in [3.63, 3.8) is 0 Å². The van der Waals surface area contributed by atoms with Gasteiger partial charge in [-0.1, -0.05) is 46.3 Å². The second kappa shape index (κ2) is 6.63. The van der Waals surface area contributed by atoms with Gasteiger partial charge in [0.1, 0.15) is 11.9 Å². The minimum absolute atomic E-state index is 0.102. The summed E-state index contributed by atoms with van der Waals surface area (Å²) in [6, 6.07) is 12.9. The third-order valence-electron chi connectivity index (χ3n) is 2.90. The minimum Gasteiger partial charge on any atom is -0.350 e. The smallest absolute Gasteiger partial charge is 0.241 e. The third-order valence-corrected chi connectivity index (χ3v) is 3.40. The molecule has 104 valence electrons. The molecular formula is C15H14BrFN2O. The molecule has 0 fully saturated rings. The molecule has 0 bridgehead atoms. The van der Waals surface area contributed by atoms with E-state index in [0.717, 1.165) is 10.0 Å². The van der Waals surface area contributed by atoms with Gasteiger partial charge in [-0.2, -0.15) is 0 Å². The summed E-state index contributed by atoms with van der Waals surface area (Å²) in [5, 5.41) is 2.64. The molecule has 0 aliphatic rings. The van der Waals surface area contributed by atoms with Crippen LogP contribution in [0.4, 0.5) is 4.39 Å². The van der Waals surface area contributed by atoms with Gasteiger partial charge in [-0.15, -0.1) is 0 Å². The van der Waals surface area contributed by atoms with E-state index in [1.807, 2.05) is 18.2 Å². The van der Waals surface area contributed by atoms with E-state index in [9.17, 15) is 9.18 Å². The fourth-order valence-electron chi connectivity index (χ4n) is 1.78. The largest absolute Gasteiger partial charge is 0.350 e. The highest BCUT2D eigenvalue weighted by Crippen LogP contribution is 2.16. The number of nitrogens with two attached hydrogens (primary N) is 1. The number of halogens is 2. The Hall–Kier alpha value is -1.72. The molecule has 0 aliphatic heterocycles. The lowest BCUT2D eigenvalue weighted by Gasteiger charge is -2.13. The summed E-state index contributed by atoms with van der Waals surface area (Å²) >= 11 is 3.26. The van der Waals surface area contributed by atoms with E-state index in [-0.39, 0.29) is 18.3 Å². The van der Waals surface area contributed by atoms with Crippen LogP contribution in [0.15, 0.2) is 53.0 Å². The molecule has 1 amide bonds. The van der Waals surface area contributed by atoms with Crippen LogP contribution in [0.2, 0.25) is 0 Å². The van der Waals surface area contributed by atoms with Crippen molar-refractivity contribution in [2.45, 2.75) is 12.6 Å². The average Bonchev–Trinajstić information content (AvgIpc) is 2.48. The van der Waals surface area contributed by atoms with E-state index in [4.69, 9.17) is 5.73 Å². The molecule has 3 nitrogen and oxygen atoms in total. The third kappa shape index (κ3) is 3.65. The molecule has 0 aliphatic carbocycles. The number of hydrogen-bond acceptors (Lipinski definition) is 2. The van der Waals surface area contributed by atoms with Crippen molar-refractivity contribution in [1.29, 1.82) is 0 Å². The Kier molecular flexibility index (Phi) is 4.87. The number of carbonyl (C=O) groups is 1. The molecule has 5 heteroatoms. The summed E-state index contributed by atoms with van der Waals surface area (Å²) in [6.45, 7) is 0.102. The minimum atomic E-state index is -0.758. The Morgan fingerprint density at radius 2 is 1.95 bits per heavy atom. The maximum absolute atomic E-state index is 13.5. The van der Waals surface area contributed by atoms with Crippen LogP contribution in [0.1, 0.15) is 17.2 Å². The van der Waals surface area contributed by atoms with Gasteiger partial charge in [-0.05, 0) is 23.8 Å². The highest BCUT2D eigenvalue weighted by Gasteiger charge is 2.15. The molecule has 20 heavy (non-hydrogen) atoms. The molecule has 0 heterocycles. The first-order chi connectivity index (χ1) is 9.58. The standard InChI is InChI=1S/C15H14BrFN2O/c16-12-6-7-13(17)11(8-12)9-19-15(20)14(18)10-4-2-1-3-5-10/h1-8,14H,9,18H2,(H,19,20). The zero-order valence-corrected chi connectivity index (χ0v) is 12.2. The number of hydrogen-bond donors (Lipinski definition) is 2. The molecule has 0 radical (unpaired) electrons. The van der Waals surface area contributed by atoms with Gasteiger partial charge in [-0.3, -0.25) is 4.79 Å². The highest BCUT2D eigenvalue weighted by atomic mass is 79.9. The van der Waals surface area contributed by atoms with E-state index in [2.05, 4.69) is 21.2 Å². The Morgan fingerprint density at radius 1 is 1.25 bits per heavy atom. The Balaban J connectivity index is 2.00. The van der Waals surface area contributed by atoms with Gasteiger partial charge in [0.05, 0.1) is 0 Å². The van der Waals surface area contributed by atoms with Crippen molar-refractivity contribution in [1.82, 2.24) is 5.32 Å². The average molecular weight is 337 g/mol. The molecular weight excluding hydrogens is 323 g/mol. The molecule has 2 rings (SSSR count). The van der Waals surface area contributed by atoms with Gasteiger partial charge >= 0.3 is 0 Å². The number of amides is 1. The van der Waals surface area contributed by atoms with Crippen molar-refractivity contribution in [3.05, 3.63) is 69.9 Å². The molecule has 1 unspecified atom stereocenters. The van der Waals surface area contributed by atoms with Crippen molar-refractivity contribution in [2.24, 2.45) is 5.73 Å². The summed E-state index contributed by atoms with van der Waals surface area (Å²) in [7, 11) is 0. The van der Waals surface area contributed by atoms with Crippen molar-refractivity contribution in [2.75, 3.05) is 0 Å².